The van der Waals surface area contributed by atoms with Gasteiger partial charge in [-0.15, -0.1) is 0 Å². The maximum absolute atomic E-state index is 14.2. The summed E-state index contributed by atoms with van der Waals surface area (Å²) in [6.07, 6.45) is 1.37. The van der Waals surface area contributed by atoms with E-state index in [4.69, 9.17) is 19.4 Å². The minimum atomic E-state index is -2.76. The van der Waals surface area contributed by atoms with E-state index in [1.807, 2.05) is 19.9 Å². The second kappa shape index (κ2) is 13.6. The lowest BCUT2D eigenvalue weighted by Gasteiger charge is -2.39. The molecule has 2 fully saturated rings. The minimum Gasteiger partial charge on any atom is -0.389 e. The van der Waals surface area contributed by atoms with Crippen LogP contribution in [0, 0.1) is 5.92 Å². The number of morpholine rings is 1. The largest absolute Gasteiger partial charge is 0.389 e. The van der Waals surface area contributed by atoms with Crippen molar-refractivity contribution in [3.63, 3.8) is 0 Å². The number of methoxy groups -OCH3 is 1. The van der Waals surface area contributed by atoms with Crippen LogP contribution in [0.15, 0.2) is 30.3 Å². The molecule has 2 aliphatic rings. The van der Waals surface area contributed by atoms with Gasteiger partial charge in [-0.05, 0) is 57.6 Å². The Hall–Kier alpha value is -2.93. The van der Waals surface area contributed by atoms with Crippen LogP contribution in [0.3, 0.4) is 0 Å². The molecular weight excluding hydrogens is 544 g/mol. The highest BCUT2D eigenvalue weighted by Crippen LogP contribution is 2.31. The first-order valence-electron chi connectivity index (χ1n) is 14.9. The van der Waals surface area contributed by atoms with E-state index in [1.54, 1.807) is 31.4 Å². The van der Waals surface area contributed by atoms with Gasteiger partial charge in [-0.3, -0.25) is 9.47 Å². The summed E-state index contributed by atoms with van der Waals surface area (Å²) in [7, 11) is 1.70. The van der Waals surface area contributed by atoms with E-state index < -0.39 is 12.0 Å². The second-order valence-corrected chi connectivity index (χ2v) is 11.9. The minimum absolute atomic E-state index is 0.337. The lowest BCUT2D eigenvalue weighted by molar-refractivity contribution is 0.00154. The van der Waals surface area contributed by atoms with Gasteiger partial charge in [0.15, 0.2) is 5.82 Å². The number of rotatable bonds is 12. The summed E-state index contributed by atoms with van der Waals surface area (Å²) < 4.78 is 40.6. The van der Waals surface area contributed by atoms with Crippen molar-refractivity contribution >= 4 is 22.8 Å². The number of imidazole rings is 1. The van der Waals surface area contributed by atoms with Crippen LogP contribution in [-0.2, 0) is 9.47 Å². The van der Waals surface area contributed by atoms with Gasteiger partial charge in [0.2, 0.25) is 5.95 Å². The normalized spacial score (nSPS) is 20.1. The van der Waals surface area contributed by atoms with Crippen LogP contribution in [0.4, 0.5) is 20.5 Å². The third-order valence-electron chi connectivity index (χ3n) is 8.10. The smallest absolute Gasteiger partial charge is 0.296 e. The number of nitrogens with one attached hydrogen (secondary N) is 1. The molecule has 0 unspecified atom stereocenters. The monoisotopic (exact) mass is 587 g/mol. The molecule has 0 atom stereocenters. The Balaban J connectivity index is 1.34. The standard InChI is InChI=1S/C30H43F2N7O3/c1-30(2,40)20-38(12-15-41-3)22-10-8-21(9-11-22)19-33-29-35-25(37-13-16-42-17-14-37)18-26(36-29)39-24-7-5-4-6-23(24)34-28(39)27(31)32/h4-7,18,21-22,27,40H,8-17,19-20H2,1-3H3,(H,33,35,36). The number of anilines is 2. The molecule has 0 spiro atoms. The summed E-state index contributed by atoms with van der Waals surface area (Å²) in [5, 5.41) is 13.9. The molecule has 5 rings (SSSR count). The Labute approximate surface area is 246 Å². The first-order chi connectivity index (χ1) is 20.2. The molecule has 12 heteroatoms. The van der Waals surface area contributed by atoms with Crippen molar-refractivity contribution in [2.45, 2.75) is 57.6 Å². The average Bonchev–Trinajstić information content (AvgIpc) is 3.38. The second-order valence-electron chi connectivity index (χ2n) is 11.9. The van der Waals surface area contributed by atoms with E-state index in [9.17, 15) is 13.9 Å². The summed E-state index contributed by atoms with van der Waals surface area (Å²) in [6.45, 7) is 8.91. The van der Waals surface area contributed by atoms with Gasteiger partial charge in [-0.1, -0.05) is 12.1 Å². The van der Waals surface area contributed by atoms with Crippen molar-refractivity contribution in [1.29, 1.82) is 0 Å². The Morgan fingerprint density at radius 3 is 2.50 bits per heavy atom. The predicted octanol–water partition coefficient (Wildman–Crippen LogP) is 4.28. The number of ether oxygens (including phenoxy) is 2. The molecule has 42 heavy (non-hydrogen) atoms. The Kier molecular flexibility index (Phi) is 9.87. The SMILES string of the molecule is COCCN(CC(C)(C)O)C1CCC(CNc2nc(N3CCOCC3)cc(-n3c(C(F)F)nc4ccccc43)n2)CC1. The molecule has 3 aromatic rings. The third-order valence-corrected chi connectivity index (χ3v) is 8.10. The van der Waals surface area contributed by atoms with Crippen molar-refractivity contribution in [3.8, 4) is 5.82 Å². The summed E-state index contributed by atoms with van der Waals surface area (Å²) in [6, 6.07) is 9.28. The van der Waals surface area contributed by atoms with Crippen molar-refractivity contribution in [2.24, 2.45) is 5.92 Å². The van der Waals surface area contributed by atoms with E-state index in [-0.39, 0.29) is 5.82 Å². The maximum atomic E-state index is 14.2. The van der Waals surface area contributed by atoms with Crippen molar-refractivity contribution in [2.75, 3.05) is 69.9 Å². The third kappa shape index (κ3) is 7.52. The van der Waals surface area contributed by atoms with Gasteiger partial charge in [-0.25, -0.2) is 13.8 Å². The van der Waals surface area contributed by atoms with Gasteiger partial charge in [0.05, 0.1) is 36.5 Å². The van der Waals surface area contributed by atoms with Crippen LogP contribution < -0.4 is 10.2 Å². The topological polar surface area (TPSA) is 101 Å². The van der Waals surface area contributed by atoms with Gasteiger partial charge < -0.3 is 24.8 Å². The van der Waals surface area contributed by atoms with Crippen LogP contribution in [0.1, 0.15) is 51.8 Å². The number of hydrogen-bond acceptors (Lipinski definition) is 9. The number of fused-ring (bicyclic) bond motifs is 1. The highest BCUT2D eigenvalue weighted by atomic mass is 19.3. The van der Waals surface area contributed by atoms with E-state index in [0.717, 1.165) is 32.2 Å². The molecule has 0 radical (unpaired) electrons. The summed E-state index contributed by atoms with van der Waals surface area (Å²) >= 11 is 0. The number of nitrogens with zero attached hydrogens (tertiary/aromatic N) is 6. The fraction of sp³-hybridized carbons (Fsp3) is 0.633. The first-order valence-corrected chi connectivity index (χ1v) is 14.9. The molecule has 1 saturated carbocycles. The molecule has 2 aromatic heterocycles. The molecule has 0 amide bonds. The molecule has 10 nitrogen and oxygen atoms in total. The zero-order valence-corrected chi connectivity index (χ0v) is 24.8. The van der Waals surface area contributed by atoms with Crippen LogP contribution in [0.5, 0.6) is 0 Å². The predicted molar refractivity (Wildman–Crippen MR) is 159 cm³/mol. The van der Waals surface area contributed by atoms with Gasteiger partial charge in [0.1, 0.15) is 11.6 Å². The number of halogens is 2. The van der Waals surface area contributed by atoms with Crippen LogP contribution in [-0.4, -0.2) is 101 Å². The van der Waals surface area contributed by atoms with Gasteiger partial charge in [-0.2, -0.15) is 9.97 Å². The van der Waals surface area contributed by atoms with E-state index >= 15 is 0 Å². The number of hydrogen-bond donors (Lipinski definition) is 2. The number of aliphatic hydroxyl groups is 1. The van der Waals surface area contributed by atoms with Crippen LogP contribution in [0.2, 0.25) is 0 Å². The van der Waals surface area contributed by atoms with E-state index in [2.05, 4.69) is 20.1 Å². The lowest BCUT2D eigenvalue weighted by atomic mass is 9.85. The number of para-hydroxylation sites is 2. The molecule has 2 N–H and O–H groups in total. The Morgan fingerprint density at radius 2 is 1.81 bits per heavy atom. The van der Waals surface area contributed by atoms with Gasteiger partial charge in [0.25, 0.3) is 6.43 Å². The fourth-order valence-corrected chi connectivity index (χ4v) is 6.05. The van der Waals surface area contributed by atoms with E-state index in [0.29, 0.717) is 86.6 Å². The van der Waals surface area contributed by atoms with Crippen molar-refractivity contribution < 1.29 is 23.4 Å². The average molecular weight is 588 g/mol. The quantitative estimate of drug-likeness (QED) is 0.322. The number of benzene rings is 1. The maximum Gasteiger partial charge on any atom is 0.296 e. The molecule has 1 saturated heterocycles. The van der Waals surface area contributed by atoms with Crippen LogP contribution in [0.25, 0.3) is 16.9 Å². The van der Waals surface area contributed by atoms with Crippen molar-refractivity contribution in [3.05, 3.63) is 36.2 Å². The Morgan fingerprint density at radius 1 is 1.10 bits per heavy atom. The molecular formula is C30H43F2N7O3. The summed E-state index contributed by atoms with van der Waals surface area (Å²) in [5.74, 6) is 1.54. The number of alkyl halides is 2. The summed E-state index contributed by atoms with van der Waals surface area (Å²) in [4.78, 5) is 18.2. The van der Waals surface area contributed by atoms with E-state index in [1.165, 1.54) is 4.57 Å². The molecule has 1 aromatic carbocycles. The molecule has 3 heterocycles. The lowest BCUT2D eigenvalue weighted by Crippen LogP contribution is -2.47. The highest BCUT2D eigenvalue weighted by Gasteiger charge is 2.29. The zero-order valence-electron chi connectivity index (χ0n) is 24.8. The Bertz CT molecular complexity index is 1300. The molecule has 1 aliphatic carbocycles. The molecule has 230 valence electrons. The fourth-order valence-electron chi connectivity index (χ4n) is 6.05. The summed E-state index contributed by atoms with van der Waals surface area (Å²) in [5.41, 5.74) is 0.305. The number of aromatic nitrogens is 4. The zero-order chi connectivity index (χ0) is 29.7. The highest BCUT2D eigenvalue weighted by molar-refractivity contribution is 5.78. The molecule has 0 bridgehead atoms. The van der Waals surface area contributed by atoms with Crippen molar-refractivity contribution in [1.82, 2.24) is 24.4 Å². The van der Waals surface area contributed by atoms with Gasteiger partial charge >= 0.3 is 0 Å². The molecule has 1 aliphatic heterocycles. The van der Waals surface area contributed by atoms with Gasteiger partial charge in [0, 0.05) is 51.9 Å². The van der Waals surface area contributed by atoms with Crippen LogP contribution >= 0.6 is 0 Å². The first kappa shape index (κ1) is 30.5.